The van der Waals surface area contributed by atoms with Gasteiger partial charge in [-0.1, -0.05) is 26.2 Å². The lowest BCUT2D eigenvalue weighted by Gasteiger charge is -2.39. The first-order valence-corrected chi connectivity index (χ1v) is 11.9. The molecule has 1 amide bonds. The number of amides is 1. The molecule has 0 aromatic carbocycles. The second-order valence-corrected chi connectivity index (χ2v) is 10.2. The zero-order valence-electron chi connectivity index (χ0n) is 17.6. The standard InChI is InChI=1S/C23H41N3O/c1-23(11-12-23)22(27)26(17-16-24-13-5-2-6-14-24)19-20-8-7-15-25(18-20)21-9-3-4-10-21/h20-21H,2-19H2,1H3/t20-/m0/s1. The molecular weight excluding hydrogens is 334 g/mol. The number of hydrogen-bond acceptors (Lipinski definition) is 3. The molecule has 0 unspecified atom stereocenters. The summed E-state index contributed by atoms with van der Waals surface area (Å²) in [6.07, 6.45) is 14.6. The number of carbonyl (C=O) groups excluding carboxylic acids is 1. The Kier molecular flexibility index (Phi) is 6.43. The van der Waals surface area contributed by atoms with E-state index in [0.717, 1.165) is 38.5 Å². The van der Waals surface area contributed by atoms with Gasteiger partial charge in [-0.25, -0.2) is 0 Å². The van der Waals surface area contributed by atoms with Crippen molar-refractivity contribution in [2.45, 2.75) is 83.6 Å². The molecular formula is C23H41N3O. The predicted molar refractivity (Wildman–Crippen MR) is 111 cm³/mol. The van der Waals surface area contributed by atoms with Gasteiger partial charge in [0.05, 0.1) is 0 Å². The maximum Gasteiger partial charge on any atom is 0.228 e. The molecule has 0 bridgehead atoms. The molecule has 2 aliphatic carbocycles. The number of likely N-dealkylation sites (tertiary alicyclic amines) is 2. The van der Waals surface area contributed by atoms with Crippen molar-refractivity contribution in [2.75, 3.05) is 45.8 Å². The van der Waals surface area contributed by atoms with Gasteiger partial charge in [0.2, 0.25) is 5.91 Å². The van der Waals surface area contributed by atoms with Gasteiger partial charge < -0.3 is 14.7 Å². The first-order valence-electron chi connectivity index (χ1n) is 11.9. The third-order valence-electron chi connectivity index (χ3n) is 7.81. The van der Waals surface area contributed by atoms with E-state index in [4.69, 9.17) is 0 Å². The maximum atomic E-state index is 13.2. The van der Waals surface area contributed by atoms with Crippen LogP contribution in [0.2, 0.25) is 0 Å². The van der Waals surface area contributed by atoms with Crippen LogP contribution in [0, 0.1) is 11.3 Å². The van der Waals surface area contributed by atoms with Gasteiger partial charge in [-0.2, -0.15) is 0 Å². The Labute approximate surface area is 166 Å². The van der Waals surface area contributed by atoms with Crippen LogP contribution in [0.5, 0.6) is 0 Å². The Hall–Kier alpha value is -0.610. The van der Waals surface area contributed by atoms with Crippen LogP contribution in [0.3, 0.4) is 0 Å². The Morgan fingerprint density at radius 1 is 0.963 bits per heavy atom. The van der Waals surface area contributed by atoms with Gasteiger partial charge in [0, 0.05) is 37.6 Å². The van der Waals surface area contributed by atoms with Crippen molar-refractivity contribution in [3.8, 4) is 0 Å². The zero-order chi connectivity index (χ0) is 18.7. The molecule has 0 aromatic rings. The van der Waals surface area contributed by atoms with Crippen LogP contribution < -0.4 is 0 Å². The van der Waals surface area contributed by atoms with Gasteiger partial charge in [-0.05, 0) is 76.9 Å². The van der Waals surface area contributed by atoms with Gasteiger partial charge in [0.1, 0.15) is 0 Å². The summed E-state index contributed by atoms with van der Waals surface area (Å²) in [5.41, 5.74) is -0.0261. The summed E-state index contributed by atoms with van der Waals surface area (Å²) in [5, 5.41) is 0. The van der Waals surface area contributed by atoms with E-state index in [9.17, 15) is 4.79 Å². The molecule has 4 fully saturated rings. The van der Waals surface area contributed by atoms with Gasteiger partial charge in [0.25, 0.3) is 0 Å². The van der Waals surface area contributed by atoms with Crippen LogP contribution in [0.4, 0.5) is 0 Å². The minimum atomic E-state index is -0.0261. The van der Waals surface area contributed by atoms with E-state index in [2.05, 4.69) is 21.6 Å². The van der Waals surface area contributed by atoms with Crippen molar-refractivity contribution < 1.29 is 4.79 Å². The van der Waals surface area contributed by atoms with E-state index in [0.29, 0.717) is 11.8 Å². The second-order valence-electron chi connectivity index (χ2n) is 10.2. The maximum absolute atomic E-state index is 13.2. The first kappa shape index (κ1) is 19.7. The van der Waals surface area contributed by atoms with Crippen LogP contribution in [-0.4, -0.2) is 72.5 Å². The molecule has 4 nitrogen and oxygen atoms in total. The molecule has 2 heterocycles. The Bertz CT molecular complexity index is 492. The lowest BCUT2D eigenvalue weighted by molar-refractivity contribution is -0.137. The fourth-order valence-electron chi connectivity index (χ4n) is 5.66. The summed E-state index contributed by atoms with van der Waals surface area (Å²) in [6.45, 7) is 10.2. The highest BCUT2D eigenvalue weighted by molar-refractivity contribution is 5.84. The normalized spacial score (nSPS) is 29.7. The van der Waals surface area contributed by atoms with Crippen LogP contribution in [0.15, 0.2) is 0 Å². The predicted octanol–water partition coefficient (Wildman–Crippen LogP) is 3.76. The minimum absolute atomic E-state index is 0.0261. The van der Waals surface area contributed by atoms with E-state index in [1.165, 1.54) is 84.0 Å². The van der Waals surface area contributed by atoms with Crippen molar-refractivity contribution in [3.63, 3.8) is 0 Å². The second kappa shape index (κ2) is 8.82. The van der Waals surface area contributed by atoms with Crippen LogP contribution in [-0.2, 0) is 4.79 Å². The van der Waals surface area contributed by atoms with E-state index in [1.54, 1.807) is 0 Å². The molecule has 2 saturated heterocycles. The molecule has 0 radical (unpaired) electrons. The van der Waals surface area contributed by atoms with Crippen LogP contribution in [0.25, 0.3) is 0 Å². The van der Waals surface area contributed by atoms with E-state index < -0.39 is 0 Å². The topological polar surface area (TPSA) is 26.8 Å². The average molecular weight is 376 g/mol. The van der Waals surface area contributed by atoms with Crippen molar-refractivity contribution in [1.82, 2.24) is 14.7 Å². The summed E-state index contributed by atoms with van der Waals surface area (Å²) in [5.74, 6) is 1.14. The Morgan fingerprint density at radius 3 is 2.41 bits per heavy atom. The summed E-state index contributed by atoms with van der Waals surface area (Å²) in [6, 6.07) is 0.839. The smallest absolute Gasteiger partial charge is 0.228 e. The largest absolute Gasteiger partial charge is 0.341 e. The van der Waals surface area contributed by atoms with Crippen molar-refractivity contribution in [1.29, 1.82) is 0 Å². The molecule has 0 spiro atoms. The lowest BCUT2D eigenvalue weighted by atomic mass is 9.95. The van der Waals surface area contributed by atoms with E-state index >= 15 is 0 Å². The van der Waals surface area contributed by atoms with Crippen LogP contribution in [0.1, 0.15) is 77.6 Å². The average Bonchev–Trinajstić information content (AvgIpc) is 3.22. The number of rotatable bonds is 7. The quantitative estimate of drug-likeness (QED) is 0.678. The highest BCUT2D eigenvalue weighted by atomic mass is 16.2. The highest BCUT2D eigenvalue weighted by Gasteiger charge is 2.47. The molecule has 2 saturated carbocycles. The highest BCUT2D eigenvalue weighted by Crippen LogP contribution is 2.46. The van der Waals surface area contributed by atoms with Gasteiger partial charge in [-0.15, -0.1) is 0 Å². The third-order valence-corrected chi connectivity index (χ3v) is 7.81. The van der Waals surface area contributed by atoms with E-state index in [-0.39, 0.29) is 5.41 Å². The van der Waals surface area contributed by atoms with Crippen LogP contribution >= 0.6 is 0 Å². The number of piperidine rings is 2. The molecule has 0 N–H and O–H groups in total. The summed E-state index contributed by atoms with van der Waals surface area (Å²) < 4.78 is 0. The number of hydrogen-bond donors (Lipinski definition) is 0. The zero-order valence-corrected chi connectivity index (χ0v) is 17.6. The molecule has 2 aliphatic heterocycles. The SMILES string of the molecule is CC1(C(=O)N(CCN2CCCCC2)C[C@H]2CCCN(C3CCCC3)C2)CC1. The van der Waals surface area contributed by atoms with E-state index in [1.807, 2.05) is 0 Å². The van der Waals surface area contributed by atoms with Gasteiger partial charge in [0.15, 0.2) is 0 Å². The molecule has 27 heavy (non-hydrogen) atoms. The number of carbonyl (C=O) groups is 1. The molecule has 1 atom stereocenters. The Balaban J connectivity index is 1.33. The molecule has 4 rings (SSSR count). The van der Waals surface area contributed by atoms with Gasteiger partial charge >= 0.3 is 0 Å². The minimum Gasteiger partial charge on any atom is -0.341 e. The fraction of sp³-hybridized carbons (Fsp3) is 0.957. The van der Waals surface area contributed by atoms with Crippen molar-refractivity contribution in [3.05, 3.63) is 0 Å². The summed E-state index contributed by atoms with van der Waals surface area (Å²) in [7, 11) is 0. The number of nitrogens with zero attached hydrogens (tertiary/aromatic N) is 3. The third kappa shape index (κ3) is 5.06. The monoisotopic (exact) mass is 375 g/mol. The van der Waals surface area contributed by atoms with Crippen molar-refractivity contribution in [2.24, 2.45) is 11.3 Å². The lowest BCUT2D eigenvalue weighted by Crippen LogP contribution is -2.49. The fourth-order valence-corrected chi connectivity index (χ4v) is 5.66. The Morgan fingerprint density at radius 2 is 1.70 bits per heavy atom. The summed E-state index contributed by atoms with van der Waals surface area (Å²) >= 11 is 0. The molecule has 4 heteroatoms. The summed E-state index contributed by atoms with van der Waals surface area (Å²) in [4.78, 5) is 20.8. The van der Waals surface area contributed by atoms with Gasteiger partial charge in [-0.3, -0.25) is 4.79 Å². The molecule has 154 valence electrons. The van der Waals surface area contributed by atoms with Crippen molar-refractivity contribution >= 4 is 5.91 Å². The molecule has 0 aromatic heterocycles. The first-order chi connectivity index (χ1) is 13.1. The molecule has 4 aliphatic rings.